The summed E-state index contributed by atoms with van der Waals surface area (Å²) in [4.78, 5) is 18.2. The lowest BCUT2D eigenvalue weighted by molar-refractivity contribution is -0.117. The number of aliphatic imine (C=N–C) groups is 1. The normalized spacial score (nSPS) is 27.4. The molecule has 0 bridgehead atoms. The molecule has 2 atom stereocenters. The number of amidine groups is 1. The number of benzene rings is 1. The maximum absolute atomic E-state index is 12.9. The van der Waals surface area contributed by atoms with Crippen molar-refractivity contribution in [3.63, 3.8) is 0 Å². The van der Waals surface area contributed by atoms with Crippen LogP contribution in [-0.2, 0) is 21.1 Å². The summed E-state index contributed by atoms with van der Waals surface area (Å²) in [6, 6.07) is 5.66. The smallest absolute Gasteiger partial charge is 0.252 e. The maximum atomic E-state index is 12.9. The van der Waals surface area contributed by atoms with Crippen molar-refractivity contribution in [2.24, 2.45) is 4.99 Å². The summed E-state index contributed by atoms with van der Waals surface area (Å²) in [5, 5.41) is 0.557. The molecule has 0 N–H and O–H groups in total. The summed E-state index contributed by atoms with van der Waals surface area (Å²) in [5.41, 5.74) is 0.703. The van der Waals surface area contributed by atoms with Crippen LogP contribution in [0.4, 0.5) is 4.39 Å². The first-order chi connectivity index (χ1) is 10.9. The molecule has 2 heterocycles. The van der Waals surface area contributed by atoms with E-state index in [0.29, 0.717) is 17.3 Å². The van der Waals surface area contributed by atoms with E-state index in [0.717, 1.165) is 0 Å². The highest BCUT2D eigenvalue weighted by molar-refractivity contribution is 8.15. The van der Waals surface area contributed by atoms with Crippen LogP contribution >= 0.6 is 11.8 Å². The largest absolute Gasteiger partial charge is 0.346 e. The van der Waals surface area contributed by atoms with Gasteiger partial charge in [-0.15, -0.1) is 0 Å². The molecule has 1 aromatic rings. The SMILES string of the molecule is CCN1C(=NC(=O)Cc2ccc(F)cc2)S[C@H]2CS(=O)(=O)C[C@H]21. The summed E-state index contributed by atoms with van der Waals surface area (Å²) in [5.74, 6) is -0.376. The molecule has 0 radical (unpaired) electrons. The zero-order valence-corrected chi connectivity index (χ0v) is 14.2. The van der Waals surface area contributed by atoms with Crippen molar-refractivity contribution in [2.75, 3.05) is 18.1 Å². The quantitative estimate of drug-likeness (QED) is 0.821. The first-order valence-electron chi connectivity index (χ1n) is 7.37. The van der Waals surface area contributed by atoms with Gasteiger partial charge in [-0.05, 0) is 24.6 Å². The van der Waals surface area contributed by atoms with Crippen LogP contribution in [0.5, 0.6) is 0 Å². The second-order valence-corrected chi connectivity index (χ2v) is 9.04. The third-order valence-corrected chi connectivity index (χ3v) is 7.25. The molecule has 2 fully saturated rings. The summed E-state index contributed by atoms with van der Waals surface area (Å²) >= 11 is 1.37. The van der Waals surface area contributed by atoms with Gasteiger partial charge in [0.05, 0.1) is 24.0 Å². The van der Waals surface area contributed by atoms with Gasteiger partial charge >= 0.3 is 0 Å². The first-order valence-corrected chi connectivity index (χ1v) is 10.1. The molecule has 5 nitrogen and oxygen atoms in total. The summed E-state index contributed by atoms with van der Waals surface area (Å²) in [6.07, 6.45) is 0.107. The molecule has 124 valence electrons. The monoisotopic (exact) mass is 356 g/mol. The van der Waals surface area contributed by atoms with Gasteiger partial charge in [0.25, 0.3) is 5.91 Å². The van der Waals surface area contributed by atoms with Gasteiger partial charge in [-0.2, -0.15) is 4.99 Å². The average molecular weight is 356 g/mol. The van der Waals surface area contributed by atoms with Crippen molar-refractivity contribution in [2.45, 2.75) is 24.6 Å². The van der Waals surface area contributed by atoms with Crippen LogP contribution in [0, 0.1) is 5.82 Å². The van der Waals surface area contributed by atoms with Crippen LogP contribution in [0.2, 0.25) is 0 Å². The number of carbonyl (C=O) groups is 1. The Morgan fingerprint density at radius 2 is 2.04 bits per heavy atom. The van der Waals surface area contributed by atoms with E-state index in [1.165, 1.54) is 23.9 Å². The number of hydrogen-bond acceptors (Lipinski definition) is 4. The van der Waals surface area contributed by atoms with Crippen LogP contribution in [0.1, 0.15) is 12.5 Å². The Balaban J connectivity index is 1.72. The van der Waals surface area contributed by atoms with E-state index in [4.69, 9.17) is 0 Å². The Morgan fingerprint density at radius 3 is 2.70 bits per heavy atom. The van der Waals surface area contributed by atoms with Gasteiger partial charge < -0.3 is 4.90 Å². The van der Waals surface area contributed by atoms with E-state index < -0.39 is 9.84 Å². The minimum absolute atomic E-state index is 0.0441. The number of sulfone groups is 1. The van der Waals surface area contributed by atoms with Gasteiger partial charge in [0, 0.05) is 11.8 Å². The predicted molar refractivity (Wildman–Crippen MR) is 88.7 cm³/mol. The zero-order chi connectivity index (χ0) is 16.6. The number of thioether (sulfide) groups is 1. The molecular weight excluding hydrogens is 339 g/mol. The number of fused-ring (bicyclic) bond motifs is 1. The summed E-state index contributed by atoms with van der Waals surface area (Å²) in [7, 11) is -2.99. The lowest BCUT2D eigenvalue weighted by Gasteiger charge is -2.22. The van der Waals surface area contributed by atoms with Crippen LogP contribution in [-0.4, -0.2) is 53.7 Å². The number of carbonyl (C=O) groups excluding carboxylic acids is 1. The third kappa shape index (κ3) is 3.58. The second kappa shape index (κ2) is 6.24. The van der Waals surface area contributed by atoms with Crippen molar-refractivity contribution >= 4 is 32.7 Å². The summed E-state index contributed by atoms with van der Waals surface area (Å²) < 4.78 is 36.3. The minimum atomic E-state index is -2.99. The molecule has 0 aromatic heterocycles. The molecule has 0 spiro atoms. The first kappa shape index (κ1) is 16.4. The molecule has 0 aliphatic carbocycles. The Hall–Kier alpha value is -1.41. The van der Waals surface area contributed by atoms with Gasteiger partial charge in [0.15, 0.2) is 15.0 Å². The fourth-order valence-corrected chi connectivity index (χ4v) is 6.96. The van der Waals surface area contributed by atoms with Gasteiger partial charge in [0.1, 0.15) is 5.82 Å². The molecule has 1 aromatic carbocycles. The Kier molecular flexibility index (Phi) is 4.46. The van der Waals surface area contributed by atoms with Crippen LogP contribution in [0.3, 0.4) is 0 Å². The molecule has 23 heavy (non-hydrogen) atoms. The van der Waals surface area contributed by atoms with Crippen LogP contribution < -0.4 is 0 Å². The highest BCUT2D eigenvalue weighted by Gasteiger charge is 2.48. The summed E-state index contributed by atoms with van der Waals surface area (Å²) in [6.45, 7) is 2.54. The van der Waals surface area contributed by atoms with E-state index >= 15 is 0 Å². The fraction of sp³-hybridized carbons (Fsp3) is 0.467. The molecule has 8 heteroatoms. The molecule has 2 aliphatic heterocycles. The van der Waals surface area contributed by atoms with Crippen molar-refractivity contribution in [1.82, 2.24) is 4.90 Å². The molecule has 0 unspecified atom stereocenters. The topological polar surface area (TPSA) is 66.8 Å². The van der Waals surface area contributed by atoms with Crippen molar-refractivity contribution < 1.29 is 17.6 Å². The van der Waals surface area contributed by atoms with Gasteiger partial charge in [-0.25, -0.2) is 12.8 Å². The molecule has 3 rings (SSSR count). The second-order valence-electron chi connectivity index (χ2n) is 5.68. The Morgan fingerprint density at radius 1 is 1.35 bits per heavy atom. The average Bonchev–Trinajstić information content (AvgIpc) is 2.92. The number of hydrogen-bond donors (Lipinski definition) is 0. The fourth-order valence-electron chi connectivity index (χ4n) is 2.93. The van der Waals surface area contributed by atoms with E-state index in [-0.39, 0.29) is 40.9 Å². The molecule has 2 aliphatic rings. The number of halogens is 1. The molecule has 0 saturated carbocycles. The maximum Gasteiger partial charge on any atom is 0.252 e. The van der Waals surface area contributed by atoms with E-state index in [9.17, 15) is 17.6 Å². The Bertz CT molecular complexity index is 746. The van der Waals surface area contributed by atoms with Crippen LogP contribution in [0.15, 0.2) is 29.3 Å². The standard InChI is InChI=1S/C15H17FN2O3S2/c1-2-18-12-8-23(20,21)9-13(12)22-15(18)17-14(19)7-10-3-5-11(16)6-4-10/h3-6,12-13H,2,7-9H2,1H3/t12-,13+/m1/s1. The van der Waals surface area contributed by atoms with Gasteiger partial charge in [-0.3, -0.25) is 4.79 Å². The third-order valence-electron chi connectivity index (χ3n) is 4.00. The van der Waals surface area contributed by atoms with Crippen LogP contribution in [0.25, 0.3) is 0 Å². The van der Waals surface area contributed by atoms with E-state index in [2.05, 4.69) is 4.99 Å². The number of amides is 1. The highest BCUT2D eigenvalue weighted by atomic mass is 32.2. The van der Waals surface area contributed by atoms with Crippen molar-refractivity contribution in [3.05, 3.63) is 35.6 Å². The number of nitrogens with zero attached hydrogens (tertiary/aromatic N) is 2. The lowest BCUT2D eigenvalue weighted by Crippen LogP contribution is -2.37. The molecule has 2 saturated heterocycles. The van der Waals surface area contributed by atoms with E-state index in [1.807, 2.05) is 11.8 Å². The van der Waals surface area contributed by atoms with Gasteiger partial charge in [0.2, 0.25) is 0 Å². The van der Waals surface area contributed by atoms with Gasteiger partial charge in [-0.1, -0.05) is 23.9 Å². The van der Waals surface area contributed by atoms with Crippen molar-refractivity contribution in [1.29, 1.82) is 0 Å². The molecule has 1 amide bonds. The Labute approximate surface area is 138 Å². The zero-order valence-electron chi connectivity index (χ0n) is 12.6. The minimum Gasteiger partial charge on any atom is -0.346 e. The molecular formula is C15H17FN2O3S2. The highest BCUT2D eigenvalue weighted by Crippen LogP contribution is 2.37. The lowest BCUT2D eigenvalue weighted by atomic mass is 10.1. The van der Waals surface area contributed by atoms with Crippen molar-refractivity contribution in [3.8, 4) is 0 Å². The predicted octanol–water partition coefficient (Wildman–Crippen LogP) is 1.49. The number of rotatable bonds is 3. The van der Waals surface area contributed by atoms with E-state index in [1.54, 1.807) is 12.1 Å².